The molecule has 1 aromatic heterocycles. The summed E-state index contributed by atoms with van der Waals surface area (Å²) in [5.74, 6) is 1.11. The third kappa shape index (κ3) is 4.98. The Morgan fingerprint density at radius 2 is 1.96 bits per heavy atom. The molecule has 0 bridgehead atoms. The molecule has 134 valence electrons. The standard InChI is InChI=1S/C17H20ClN3O3S/c1-23-11-15-10-16(21-6-8-24-9-7-21)20-17(19-15)25(22)12-13-2-4-14(18)5-3-13/h2-5,10H,6-9,11-12H2,1H3/t25-/m1/s1. The van der Waals surface area contributed by atoms with Crippen molar-refractivity contribution in [1.29, 1.82) is 0 Å². The van der Waals surface area contributed by atoms with E-state index in [-0.39, 0.29) is 0 Å². The number of benzene rings is 1. The van der Waals surface area contributed by atoms with Gasteiger partial charge in [-0.1, -0.05) is 23.7 Å². The summed E-state index contributed by atoms with van der Waals surface area (Å²) < 4.78 is 23.3. The number of halogens is 1. The third-order valence-corrected chi connectivity index (χ3v) is 5.22. The molecule has 0 amide bonds. The molecule has 1 aliphatic rings. The number of hydrogen-bond acceptors (Lipinski definition) is 6. The van der Waals surface area contributed by atoms with Crippen LogP contribution in [-0.4, -0.2) is 47.6 Å². The summed E-state index contributed by atoms with van der Waals surface area (Å²) in [6, 6.07) is 9.19. The molecule has 1 saturated heterocycles. The van der Waals surface area contributed by atoms with E-state index in [0.29, 0.717) is 35.8 Å². The summed E-state index contributed by atoms with van der Waals surface area (Å²) in [7, 11) is 0.264. The van der Waals surface area contributed by atoms with Gasteiger partial charge in [-0.25, -0.2) is 9.97 Å². The zero-order chi connectivity index (χ0) is 17.6. The van der Waals surface area contributed by atoms with E-state index >= 15 is 0 Å². The number of ether oxygens (including phenoxy) is 2. The van der Waals surface area contributed by atoms with Gasteiger partial charge < -0.3 is 14.4 Å². The van der Waals surface area contributed by atoms with Crippen molar-refractivity contribution < 1.29 is 13.7 Å². The second kappa shape index (κ2) is 8.71. The molecule has 0 radical (unpaired) electrons. The minimum atomic E-state index is -1.35. The molecule has 0 saturated carbocycles. The van der Waals surface area contributed by atoms with E-state index in [1.54, 1.807) is 19.2 Å². The molecule has 0 spiro atoms. The molecule has 1 aliphatic heterocycles. The normalized spacial score (nSPS) is 16.0. The summed E-state index contributed by atoms with van der Waals surface area (Å²) in [5.41, 5.74) is 1.65. The number of methoxy groups -OCH3 is 1. The molecule has 2 heterocycles. The van der Waals surface area contributed by atoms with Gasteiger partial charge in [0.2, 0.25) is 5.16 Å². The highest BCUT2D eigenvalue weighted by molar-refractivity contribution is 7.84. The first-order valence-electron chi connectivity index (χ1n) is 7.98. The molecule has 6 nitrogen and oxygen atoms in total. The highest BCUT2D eigenvalue weighted by Crippen LogP contribution is 2.19. The van der Waals surface area contributed by atoms with Gasteiger partial charge >= 0.3 is 0 Å². The predicted octanol–water partition coefficient (Wildman–Crippen LogP) is 2.42. The van der Waals surface area contributed by atoms with Crippen LogP contribution in [0.1, 0.15) is 11.3 Å². The van der Waals surface area contributed by atoms with E-state index in [1.165, 1.54) is 0 Å². The molecular formula is C17H20ClN3O3S. The number of rotatable bonds is 6. The van der Waals surface area contributed by atoms with Crippen molar-refractivity contribution in [2.75, 3.05) is 38.3 Å². The van der Waals surface area contributed by atoms with Gasteiger partial charge in [-0.2, -0.15) is 0 Å². The van der Waals surface area contributed by atoms with Crippen molar-refractivity contribution in [3.05, 3.63) is 46.6 Å². The second-order valence-electron chi connectivity index (χ2n) is 5.65. The molecule has 8 heteroatoms. The van der Waals surface area contributed by atoms with E-state index in [4.69, 9.17) is 21.1 Å². The lowest BCUT2D eigenvalue weighted by Gasteiger charge is -2.28. The van der Waals surface area contributed by atoms with Gasteiger partial charge in [0.15, 0.2) is 0 Å². The number of anilines is 1. The van der Waals surface area contributed by atoms with Crippen LogP contribution in [0.25, 0.3) is 0 Å². The van der Waals surface area contributed by atoms with Crippen molar-refractivity contribution in [2.24, 2.45) is 0 Å². The van der Waals surface area contributed by atoms with Gasteiger partial charge in [-0.15, -0.1) is 0 Å². The van der Waals surface area contributed by atoms with Crippen LogP contribution in [0.5, 0.6) is 0 Å². The van der Waals surface area contributed by atoms with Crippen LogP contribution in [0, 0.1) is 0 Å². The molecule has 25 heavy (non-hydrogen) atoms. The van der Waals surface area contributed by atoms with E-state index in [1.807, 2.05) is 18.2 Å². The first-order chi connectivity index (χ1) is 12.2. The Balaban J connectivity index is 1.84. The van der Waals surface area contributed by atoms with Gasteiger partial charge in [0, 0.05) is 31.3 Å². The minimum absolute atomic E-state index is 0.325. The first-order valence-corrected chi connectivity index (χ1v) is 9.68. The minimum Gasteiger partial charge on any atom is -0.378 e. The molecule has 2 aromatic rings. The first kappa shape index (κ1) is 18.3. The molecule has 0 N–H and O–H groups in total. The van der Waals surface area contributed by atoms with Crippen LogP contribution in [0.3, 0.4) is 0 Å². The van der Waals surface area contributed by atoms with Crippen LogP contribution < -0.4 is 4.90 Å². The lowest BCUT2D eigenvalue weighted by molar-refractivity contribution is 0.122. The van der Waals surface area contributed by atoms with Crippen LogP contribution >= 0.6 is 11.6 Å². The van der Waals surface area contributed by atoms with Gasteiger partial charge in [-0.3, -0.25) is 4.21 Å². The Bertz CT molecular complexity index is 736. The molecule has 3 rings (SSSR count). The topological polar surface area (TPSA) is 64.6 Å². The maximum atomic E-state index is 12.8. The molecule has 1 atom stereocenters. The quantitative estimate of drug-likeness (QED) is 0.716. The van der Waals surface area contributed by atoms with Gasteiger partial charge in [0.05, 0.1) is 42.1 Å². The Morgan fingerprint density at radius 3 is 2.64 bits per heavy atom. The Kier molecular flexibility index (Phi) is 6.36. The van der Waals surface area contributed by atoms with Crippen molar-refractivity contribution in [3.8, 4) is 0 Å². The van der Waals surface area contributed by atoms with Gasteiger partial charge in [-0.05, 0) is 17.7 Å². The Morgan fingerprint density at radius 1 is 1.24 bits per heavy atom. The summed E-state index contributed by atoms with van der Waals surface area (Å²) in [6.45, 7) is 3.18. The highest BCUT2D eigenvalue weighted by Gasteiger charge is 2.17. The lowest BCUT2D eigenvalue weighted by Crippen LogP contribution is -2.37. The molecule has 0 unspecified atom stereocenters. The fraction of sp³-hybridized carbons (Fsp3) is 0.412. The summed E-state index contributed by atoms with van der Waals surface area (Å²) >= 11 is 5.90. The van der Waals surface area contributed by atoms with Crippen molar-refractivity contribution in [2.45, 2.75) is 17.5 Å². The van der Waals surface area contributed by atoms with Crippen LogP contribution in [-0.2, 0) is 32.6 Å². The van der Waals surface area contributed by atoms with Crippen LogP contribution in [0.4, 0.5) is 5.82 Å². The SMILES string of the molecule is COCc1cc(N2CCOCC2)nc([S@](=O)Cc2ccc(Cl)cc2)n1. The number of nitrogens with zero attached hydrogens (tertiary/aromatic N) is 3. The maximum absolute atomic E-state index is 12.8. The van der Waals surface area contributed by atoms with Crippen LogP contribution in [0.15, 0.2) is 35.5 Å². The average molecular weight is 382 g/mol. The molecule has 0 aliphatic carbocycles. The smallest absolute Gasteiger partial charge is 0.221 e. The monoisotopic (exact) mass is 381 g/mol. The second-order valence-corrected chi connectivity index (χ2v) is 7.43. The average Bonchev–Trinajstić information content (AvgIpc) is 2.64. The fourth-order valence-electron chi connectivity index (χ4n) is 2.53. The van der Waals surface area contributed by atoms with Crippen molar-refractivity contribution >= 4 is 28.2 Å². The molecular weight excluding hydrogens is 362 g/mol. The Hall–Kier alpha value is -1.54. The zero-order valence-electron chi connectivity index (χ0n) is 14.0. The van der Waals surface area contributed by atoms with E-state index in [2.05, 4.69) is 14.9 Å². The highest BCUT2D eigenvalue weighted by atomic mass is 35.5. The number of aromatic nitrogens is 2. The maximum Gasteiger partial charge on any atom is 0.221 e. The predicted molar refractivity (Wildman–Crippen MR) is 97.3 cm³/mol. The Labute approximate surface area is 154 Å². The van der Waals surface area contributed by atoms with Crippen molar-refractivity contribution in [1.82, 2.24) is 9.97 Å². The lowest BCUT2D eigenvalue weighted by atomic mass is 10.2. The third-order valence-electron chi connectivity index (χ3n) is 3.79. The number of morpholine rings is 1. The fourth-order valence-corrected chi connectivity index (χ4v) is 3.70. The van der Waals surface area contributed by atoms with E-state index in [0.717, 1.165) is 30.2 Å². The largest absolute Gasteiger partial charge is 0.378 e. The van der Waals surface area contributed by atoms with Crippen molar-refractivity contribution in [3.63, 3.8) is 0 Å². The zero-order valence-corrected chi connectivity index (χ0v) is 15.6. The van der Waals surface area contributed by atoms with Gasteiger partial charge in [0.25, 0.3) is 0 Å². The van der Waals surface area contributed by atoms with E-state index < -0.39 is 10.8 Å². The summed E-state index contributed by atoms with van der Waals surface area (Å²) in [4.78, 5) is 11.1. The van der Waals surface area contributed by atoms with Gasteiger partial charge in [0.1, 0.15) is 5.82 Å². The summed E-state index contributed by atoms with van der Waals surface area (Å²) in [6.07, 6.45) is 0. The van der Waals surface area contributed by atoms with Crippen LogP contribution in [0.2, 0.25) is 5.02 Å². The molecule has 1 fully saturated rings. The van der Waals surface area contributed by atoms with E-state index in [9.17, 15) is 4.21 Å². The molecule has 1 aromatic carbocycles. The number of hydrogen-bond donors (Lipinski definition) is 0. The summed E-state index contributed by atoms with van der Waals surface area (Å²) in [5, 5.41) is 0.980.